The van der Waals surface area contributed by atoms with E-state index in [-0.39, 0.29) is 11.8 Å². The average molecular weight is 504 g/mol. The molecule has 2 amide bonds. The molecule has 0 aromatic heterocycles. The van der Waals surface area contributed by atoms with Crippen LogP contribution in [0.4, 0.5) is 0 Å². The van der Waals surface area contributed by atoms with Gasteiger partial charge in [0.15, 0.2) is 11.5 Å². The van der Waals surface area contributed by atoms with Crippen molar-refractivity contribution in [3.63, 3.8) is 0 Å². The topological polar surface area (TPSA) is 98.2 Å². The molecule has 194 valence electrons. The maximum Gasteiger partial charge on any atom is 0.262 e. The first-order valence-electron chi connectivity index (χ1n) is 12.1. The van der Waals surface area contributed by atoms with E-state index in [1.54, 1.807) is 37.4 Å². The van der Waals surface area contributed by atoms with E-state index in [1.807, 2.05) is 63.2 Å². The van der Waals surface area contributed by atoms with Crippen LogP contribution in [0.15, 0.2) is 77.9 Å². The van der Waals surface area contributed by atoms with Crippen LogP contribution in [0, 0.1) is 5.92 Å². The molecule has 0 aliphatic carbocycles. The average Bonchev–Trinajstić information content (AvgIpc) is 2.91. The summed E-state index contributed by atoms with van der Waals surface area (Å²) in [6.45, 7) is 6.50. The van der Waals surface area contributed by atoms with Gasteiger partial charge in [-0.2, -0.15) is 5.10 Å². The summed E-state index contributed by atoms with van der Waals surface area (Å²) in [4.78, 5) is 25.4. The van der Waals surface area contributed by atoms with Gasteiger partial charge in [-0.25, -0.2) is 5.43 Å². The van der Waals surface area contributed by atoms with Crippen LogP contribution in [-0.4, -0.2) is 37.8 Å². The first-order valence-corrected chi connectivity index (χ1v) is 12.1. The summed E-state index contributed by atoms with van der Waals surface area (Å²) >= 11 is 0. The molecule has 0 aliphatic heterocycles. The van der Waals surface area contributed by atoms with Gasteiger partial charge in [-0.1, -0.05) is 44.2 Å². The molecule has 0 fully saturated rings. The lowest BCUT2D eigenvalue weighted by molar-refractivity contribution is -0.123. The zero-order chi connectivity index (χ0) is 26.6. The summed E-state index contributed by atoms with van der Waals surface area (Å²) in [5.74, 6) is 0.928. The molecular weight excluding hydrogens is 470 g/mol. The van der Waals surface area contributed by atoms with E-state index < -0.39 is 11.9 Å². The Morgan fingerprint density at radius 2 is 1.68 bits per heavy atom. The van der Waals surface area contributed by atoms with Crippen LogP contribution in [0.3, 0.4) is 0 Å². The lowest BCUT2D eigenvalue weighted by atomic mass is 10.0. The number of ether oxygens (including phenoxy) is 3. The fourth-order valence-electron chi connectivity index (χ4n) is 3.47. The van der Waals surface area contributed by atoms with Gasteiger partial charge in [0, 0.05) is 5.56 Å². The highest BCUT2D eigenvalue weighted by atomic mass is 16.5. The molecule has 0 radical (unpaired) electrons. The first-order chi connectivity index (χ1) is 17.9. The van der Waals surface area contributed by atoms with Crippen LogP contribution >= 0.6 is 0 Å². The van der Waals surface area contributed by atoms with E-state index in [1.165, 1.54) is 6.21 Å². The molecule has 8 heteroatoms. The van der Waals surface area contributed by atoms with E-state index in [2.05, 4.69) is 15.8 Å². The van der Waals surface area contributed by atoms with E-state index in [9.17, 15) is 9.59 Å². The molecule has 3 aromatic carbocycles. The number of rotatable bonds is 12. The fourth-order valence-corrected chi connectivity index (χ4v) is 3.47. The number of amides is 2. The monoisotopic (exact) mass is 503 g/mol. The fraction of sp³-hybridized carbons (Fsp3) is 0.276. The highest BCUT2D eigenvalue weighted by Gasteiger charge is 2.24. The Bertz CT molecular complexity index is 1190. The molecule has 0 spiro atoms. The zero-order valence-electron chi connectivity index (χ0n) is 21.6. The Hall–Kier alpha value is -4.33. The van der Waals surface area contributed by atoms with Crippen molar-refractivity contribution in [2.24, 2.45) is 11.0 Å². The number of nitrogens with zero attached hydrogens (tertiary/aromatic N) is 1. The van der Waals surface area contributed by atoms with E-state index in [4.69, 9.17) is 14.2 Å². The molecule has 3 rings (SSSR count). The standard InChI is InChI=1S/C29H33N3O5/c1-5-36-26-17-22(11-16-25(26)37-19-21-9-7-6-8-10-21)18-30-32-29(34)27(20(2)3)31-28(33)23-12-14-24(35-4)15-13-23/h6-18,20,27H,5,19H2,1-4H3,(H,31,33)(H,32,34). The summed E-state index contributed by atoms with van der Waals surface area (Å²) in [6, 6.07) is 21.2. The molecule has 8 nitrogen and oxygen atoms in total. The third-order valence-corrected chi connectivity index (χ3v) is 5.48. The summed E-state index contributed by atoms with van der Waals surface area (Å²) in [5.41, 5.74) is 4.73. The molecule has 3 aromatic rings. The zero-order valence-corrected chi connectivity index (χ0v) is 21.6. The quantitative estimate of drug-likeness (QED) is 0.279. The molecule has 0 aliphatic rings. The van der Waals surface area contributed by atoms with Gasteiger partial charge in [0.1, 0.15) is 18.4 Å². The van der Waals surface area contributed by atoms with Crippen LogP contribution in [0.25, 0.3) is 0 Å². The summed E-state index contributed by atoms with van der Waals surface area (Å²) < 4.78 is 16.8. The number of hydrogen-bond donors (Lipinski definition) is 2. The van der Waals surface area contributed by atoms with Crippen molar-refractivity contribution in [3.8, 4) is 17.2 Å². The van der Waals surface area contributed by atoms with Crippen molar-refractivity contribution >= 4 is 18.0 Å². The summed E-state index contributed by atoms with van der Waals surface area (Å²) in [7, 11) is 1.56. The van der Waals surface area contributed by atoms with Gasteiger partial charge < -0.3 is 19.5 Å². The van der Waals surface area contributed by atoms with Crippen LogP contribution < -0.4 is 25.0 Å². The lowest BCUT2D eigenvalue weighted by Gasteiger charge is -2.20. The van der Waals surface area contributed by atoms with Gasteiger partial charge in [0.2, 0.25) is 0 Å². The highest BCUT2D eigenvalue weighted by Crippen LogP contribution is 2.29. The Labute approximate surface area is 217 Å². The van der Waals surface area contributed by atoms with Crippen molar-refractivity contribution in [1.82, 2.24) is 10.7 Å². The van der Waals surface area contributed by atoms with Gasteiger partial charge >= 0.3 is 0 Å². The van der Waals surface area contributed by atoms with Gasteiger partial charge in [-0.15, -0.1) is 0 Å². The molecule has 0 saturated carbocycles. The number of carbonyl (C=O) groups is 2. The van der Waals surface area contributed by atoms with Crippen molar-refractivity contribution in [2.45, 2.75) is 33.4 Å². The molecule has 1 atom stereocenters. The number of hydrogen-bond acceptors (Lipinski definition) is 6. The Morgan fingerprint density at radius 3 is 2.32 bits per heavy atom. The van der Waals surface area contributed by atoms with Gasteiger partial charge in [-0.3, -0.25) is 9.59 Å². The van der Waals surface area contributed by atoms with Crippen LogP contribution in [0.1, 0.15) is 42.3 Å². The van der Waals surface area contributed by atoms with Crippen molar-refractivity contribution in [2.75, 3.05) is 13.7 Å². The third-order valence-electron chi connectivity index (χ3n) is 5.48. The maximum atomic E-state index is 12.8. The molecular formula is C29H33N3O5. The number of nitrogens with one attached hydrogen (secondary N) is 2. The lowest BCUT2D eigenvalue weighted by Crippen LogP contribution is -2.48. The normalized spacial score (nSPS) is 11.7. The van der Waals surface area contributed by atoms with Crippen molar-refractivity contribution in [3.05, 3.63) is 89.5 Å². The van der Waals surface area contributed by atoms with Gasteiger partial charge in [-0.05, 0) is 66.4 Å². The number of carbonyl (C=O) groups excluding carboxylic acids is 2. The van der Waals surface area contributed by atoms with E-state index >= 15 is 0 Å². The Balaban J connectivity index is 1.62. The van der Waals surface area contributed by atoms with Crippen LogP contribution in [0.2, 0.25) is 0 Å². The minimum atomic E-state index is -0.764. The number of hydrazone groups is 1. The second kappa shape index (κ2) is 13.7. The number of methoxy groups -OCH3 is 1. The predicted molar refractivity (Wildman–Crippen MR) is 143 cm³/mol. The minimum absolute atomic E-state index is 0.150. The second-order valence-electron chi connectivity index (χ2n) is 8.57. The largest absolute Gasteiger partial charge is 0.497 e. The molecule has 37 heavy (non-hydrogen) atoms. The summed E-state index contributed by atoms with van der Waals surface area (Å²) in [6.07, 6.45) is 1.52. The van der Waals surface area contributed by atoms with Crippen LogP contribution in [-0.2, 0) is 11.4 Å². The minimum Gasteiger partial charge on any atom is -0.497 e. The van der Waals surface area contributed by atoms with E-state index in [0.29, 0.717) is 36.0 Å². The highest BCUT2D eigenvalue weighted by molar-refractivity contribution is 5.97. The maximum absolute atomic E-state index is 12.8. The second-order valence-corrected chi connectivity index (χ2v) is 8.57. The molecule has 2 N–H and O–H groups in total. The van der Waals surface area contributed by atoms with Gasteiger partial charge in [0.05, 0.1) is 19.9 Å². The first kappa shape index (κ1) is 27.3. The summed E-state index contributed by atoms with van der Waals surface area (Å²) in [5, 5.41) is 6.86. The molecule has 0 saturated heterocycles. The third kappa shape index (κ3) is 8.10. The Morgan fingerprint density at radius 1 is 0.946 bits per heavy atom. The predicted octanol–water partition coefficient (Wildman–Crippen LogP) is 4.58. The smallest absolute Gasteiger partial charge is 0.262 e. The Kier molecular flexibility index (Phi) is 10.1. The SMILES string of the molecule is CCOc1cc(C=NNC(=O)C(NC(=O)c2ccc(OC)cc2)C(C)C)ccc1OCc1ccccc1. The van der Waals surface area contributed by atoms with Crippen LogP contribution in [0.5, 0.6) is 17.2 Å². The van der Waals surface area contributed by atoms with Crippen molar-refractivity contribution in [1.29, 1.82) is 0 Å². The van der Waals surface area contributed by atoms with Gasteiger partial charge in [0.25, 0.3) is 11.8 Å². The molecule has 0 bridgehead atoms. The molecule has 1 unspecified atom stereocenters. The molecule has 0 heterocycles. The number of benzene rings is 3. The van der Waals surface area contributed by atoms with Crippen molar-refractivity contribution < 1.29 is 23.8 Å². The van der Waals surface area contributed by atoms with E-state index in [0.717, 1.165) is 11.1 Å².